The van der Waals surface area contributed by atoms with Gasteiger partial charge in [0.25, 0.3) is 0 Å². The fraction of sp³-hybridized carbons (Fsp3) is 0.308. The molecule has 0 radical (unpaired) electrons. The van der Waals surface area contributed by atoms with Crippen LogP contribution in [0.3, 0.4) is 0 Å². The van der Waals surface area contributed by atoms with Crippen LogP contribution in [0, 0.1) is 5.82 Å². The number of ether oxygens (including phenoxy) is 1. The molecule has 19 heavy (non-hydrogen) atoms. The lowest BCUT2D eigenvalue weighted by Gasteiger charge is -2.18. The summed E-state index contributed by atoms with van der Waals surface area (Å²) in [5, 5.41) is 3.27. The summed E-state index contributed by atoms with van der Waals surface area (Å²) < 4.78 is 21.0. The Morgan fingerprint density at radius 1 is 1.47 bits per heavy atom. The molecule has 1 aromatic carbocycles. The van der Waals surface area contributed by atoms with Crippen LogP contribution in [0.4, 0.5) is 10.1 Å². The number of nitrogens with zero attached hydrogens (tertiary/aromatic N) is 2. The Kier molecular flexibility index (Phi) is 4.09. The molecule has 2 aromatic rings. The van der Waals surface area contributed by atoms with Gasteiger partial charge in [-0.3, -0.25) is 0 Å². The van der Waals surface area contributed by atoms with Crippen molar-refractivity contribution in [2.45, 2.75) is 13.0 Å². The highest BCUT2D eigenvalue weighted by atomic mass is 79.9. The zero-order valence-corrected chi connectivity index (χ0v) is 12.5. The normalized spacial score (nSPS) is 12.3. The molecule has 6 heteroatoms. The minimum Gasteiger partial charge on any atom is -0.494 e. The first-order chi connectivity index (χ1) is 9.02. The summed E-state index contributed by atoms with van der Waals surface area (Å²) in [6.45, 7) is 1.99. The number of nitrogens with one attached hydrogen (secondary N) is 1. The van der Waals surface area contributed by atoms with Crippen molar-refractivity contribution in [3.05, 3.63) is 40.6 Å². The van der Waals surface area contributed by atoms with Gasteiger partial charge in [-0.1, -0.05) is 0 Å². The predicted octanol–water partition coefficient (Wildman–Crippen LogP) is 3.50. The Balaban J connectivity index is 2.28. The third-order valence-corrected chi connectivity index (χ3v) is 3.47. The van der Waals surface area contributed by atoms with Crippen molar-refractivity contribution in [3.63, 3.8) is 0 Å². The van der Waals surface area contributed by atoms with Crippen molar-refractivity contribution in [3.8, 4) is 5.75 Å². The van der Waals surface area contributed by atoms with Crippen molar-refractivity contribution in [2.75, 3.05) is 12.4 Å². The maximum absolute atomic E-state index is 13.5. The number of aryl methyl sites for hydroxylation is 1. The standard InChI is InChI=1S/C13H15BrFN3O/c1-8(13-16-4-5-18(13)2)17-11-6-9(14)10(15)7-12(11)19-3/h4-8,17H,1-3H3. The SMILES string of the molecule is COc1cc(F)c(Br)cc1NC(C)c1nccn1C. The molecule has 0 aliphatic rings. The summed E-state index contributed by atoms with van der Waals surface area (Å²) in [6, 6.07) is 2.98. The number of rotatable bonds is 4. The Hall–Kier alpha value is -1.56. The number of imidazole rings is 1. The molecule has 1 unspecified atom stereocenters. The zero-order chi connectivity index (χ0) is 14.0. The molecule has 0 fully saturated rings. The van der Waals surface area contributed by atoms with E-state index < -0.39 is 0 Å². The number of aromatic nitrogens is 2. The third kappa shape index (κ3) is 2.89. The fourth-order valence-corrected chi connectivity index (χ4v) is 2.25. The van der Waals surface area contributed by atoms with Gasteiger partial charge in [-0.15, -0.1) is 0 Å². The van der Waals surface area contributed by atoms with E-state index in [-0.39, 0.29) is 11.9 Å². The van der Waals surface area contributed by atoms with E-state index in [2.05, 4.69) is 26.2 Å². The van der Waals surface area contributed by atoms with Crippen LogP contribution in [-0.4, -0.2) is 16.7 Å². The van der Waals surface area contributed by atoms with Gasteiger partial charge in [0.1, 0.15) is 17.4 Å². The number of hydrogen-bond donors (Lipinski definition) is 1. The molecule has 0 aliphatic carbocycles. The van der Waals surface area contributed by atoms with E-state index in [1.54, 1.807) is 12.3 Å². The molecule has 0 saturated carbocycles. The molecule has 0 spiro atoms. The van der Waals surface area contributed by atoms with Gasteiger partial charge in [0.15, 0.2) is 0 Å². The Morgan fingerprint density at radius 2 is 2.21 bits per heavy atom. The lowest BCUT2D eigenvalue weighted by Crippen LogP contribution is -2.12. The predicted molar refractivity (Wildman–Crippen MR) is 75.9 cm³/mol. The van der Waals surface area contributed by atoms with E-state index in [4.69, 9.17) is 4.74 Å². The smallest absolute Gasteiger partial charge is 0.144 e. The summed E-state index contributed by atoms with van der Waals surface area (Å²) in [4.78, 5) is 4.28. The number of benzene rings is 1. The van der Waals surface area contributed by atoms with Crippen molar-refractivity contribution < 1.29 is 9.13 Å². The number of methoxy groups -OCH3 is 1. The van der Waals surface area contributed by atoms with Crippen molar-refractivity contribution in [2.24, 2.45) is 7.05 Å². The van der Waals surface area contributed by atoms with Crippen LogP contribution in [0.2, 0.25) is 0 Å². The Bertz CT molecular complexity index is 585. The summed E-state index contributed by atoms with van der Waals surface area (Å²) >= 11 is 3.17. The van der Waals surface area contributed by atoms with E-state index in [0.717, 1.165) is 5.82 Å². The maximum atomic E-state index is 13.5. The first-order valence-electron chi connectivity index (χ1n) is 5.79. The van der Waals surface area contributed by atoms with Crippen molar-refractivity contribution in [1.29, 1.82) is 0 Å². The molecule has 0 aliphatic heterocycles. The molecular formula is C13H15BrFN3O. The molecule has 1 heterocycles. The highest BCUT2D eigenvalue weighted by Gasteiger charge is 2.14. The van der Waals surface area contributed by atoms with E-state index >= 15 is 0 Å². The first kappa shape index (κ1) is 13.9. The van der Waals surface area contributed by atoms with Gasteiger partial charge < -0.3 is 14.6 Å². The second kappa shape index (κ2) is 5.61. The molecule has 0 bridgehead atoms. The van der Waals surface area contributed by atoms with E-state index in [1.165, 1.54) is 13.2 Å². The second-order valence-electron chi connectivity index (χ2n) is 4.23. The molecule has 2 rings (SSSR count). The topological polar surface area (TPSA) is 39.1 Å². The van der Waals surface area contributed by atoms with Gasteiger partial charge in [0.2, 0.25) is 0 Å². The van der Waals surface area contributed by atoms with E-state index in [0.29, 0.717) is 15.9 Å². The Labute approximate surface area is 119 Å². The number of halogens is 2. The summed E-state index contributed by atoms with van der Waals surface area (Å²) in [5.74, 6) is 0.997. The average molecular weight is 328 g/mol. The third-order valence-electron chi connectivity index (χ3n) is 2.86. The van der Waals surface area contributed by atoms with Gasteiger partial charge >= 0.3 is 0 Å². The molecule has 1 atom stereocenters. The lowest BCUT2D eigenvalue weighted by atomic mass is 10.2. The Morgan fingerprint density at radius 3 is 2.79 bits per heavy atom. The van der Waals surface area contributed by atoms with Gasteiger partial charge in [-0.05, 0) is 28.9 Å². The van der Waals surface area contributed by atoms with Gasteiger partial charge in [0.05, 0.1) is 23.3 Å². The molecule has 0 amide bonds. The molecular weight excluding hydrogens is 313 g/mol. The van der Waals surface area contributed by atoms with Crippen molar-refractivity contribution >= 4 is 21.6 Å². The van der Waals surface area contributed by atoms with Crippen LogP contribution < -0.4 is 10.1 Å². The quantitative estimate of drug-likeness (QED) is 0.934. The number of hydrogen-bond acceptors (Lipinski definition) is 3. The summed E-state index contributed by atoms with van der Waals surface area (Å²) in [7, 11) is 3.44. The monoisotopic (exact) mass is 327 g/mol. The first-order valence-corrected chi connectivity index (χ1v) is 6.59. The number of anilines is 1. The highest BCUT2D eigenvalue weighted by Crippen LogP contribution is 2.32. The van der Waals surface area contributed by atoms with E-state index in [1.807, 2.05) is 24.7 Å². The lowest BCUT2D eigenvalue weighted by molar-refractivity contribution is 0.412. The van der Waals surface area contributed by atoms with Crippen LogP contribution in [0.5, 0.6) is 5.75 Å². The summed E-state index contributed by atoms with van der Waals surface area (Å²) in [6.07, 6.45) is 3.62. The fourth-order valence-electron chi connectivity index (χ4n) is 1.90. The largest absolute Gasteiger partial charge is 0.494 e. The maximum Gasteiger partial charge on any atom is 0.144 e. The van der Waals surface area contributed by atoms with E-state index in [9.17, 15) is 4.39 Å². The average Bonchev–Trinajstić information content (AvgIpc) is 2.79. The summed E-state index contributed by atoms with van der Waals surface area (Å²) in [5.41, 5.74) is 0.714. The molecule has 1 aromatic heterocycles. The minimum absolute atomic E-state index is 0.0220. The zero-order valence-electron chi connectivity index (χ0n) is 10.9. The van der Waals surface area contributed by atoms with Crippen molar-refractivity contribution in [1.82, 2.24) is 9.55 Å². The van der Waals surface area contributed by atoms with Crippen LogP contribution in [-0.2, 0) is 7.05 Å². The molecule has 1 N–H and O–H groups in total. The second-order valence-corrected chi connectivity index (χ2v) is 5.08. The van der Waals surface area contributed by atoms with Crippen LogP contribution in [0.25, 0.3) is 0 Å². The van der Waals surface area contributed by atoms with Crippen LogP contribution >= 0.6 is 15.9 Å². The van der Waals surface area contributed by atoms with Crippen LogP contribution in [0.1, 0.15) is 18.8 Å². The molecule has 102 valence electrons. The van der Waals surface area contributed by atoms with Gasteiger partial charge in [-0.2, -0.15) is 0 Å². The van der Waals surface area contributed by atoms with Crippen LogP contribution in [0.15, 0.2) is 29.0 Å². The minimum atomic E-state index is -0.355. The highest BCUT2D eigenvalue weighted by molar-refractivity contribution is 9.10. The molecule has 0 saturated heterocycles. The molecule has 4 nitrogen and oxygen atoms in total. The van der Waals surface area contributed by atoms with Gasteiger partial charge in [0, 0.05) is 25.5 Å². The van der Waals surface area contributed by atoms with Gasteiger partial charge in [-0.25, -0.2) is 9.37 Å².